The number of nitrogens with one attached hydrogen (secondary N) is 1. The SMILES string of the molecule is CC1NCC2C(N)CCC12. The van der Waals surface area contributed by atoms with E-state index in [1.54, 1.807) is 0 Å². The molecule has 4 unspecified atom stereocenters. The van der Waals surface area contributed by atoms with Gasteiger partial charge in [-0.15, -0.1) is 0 Å². The minimum atomic E-state index is 0.488. The van der Waals surface area contributed by atoms with Crippen LogP contribution < -0.4 is 11.1 Å². The third kappa shape index (κ3) is 0.789. The number of hydrogen-bond donors (Lipinski definition) is 2. The average molecular weight is 140 g/mol. The second kappa shape index (κ2) is 2.21. The van der Waals surface area contributed by atoms with Crippen molar-refractivity contribution in [1.29, 1.82) is 0 Å². The molecular weight excluding hydrogens is 124 g/mol. The summed E-state index contributed by atoms with van der Waals surface area (Å²) in [6.45, 7) is 3.44. The lowest BCUT2D eigenvalue weighted by molar-refractivity contribution is 0.414. The molecule has 2 aliphatic rings. The Morgan fingerprint density at radius 2 is 2.10 bits per heavy atom. The minimum absolute atomic E-state index is 0.488. The Morgan fingerprint density at radius 1 is 1.30 bits per heavy atom. The van der Waals surface area contributed by atoms with Crippen LogP contribution in [0.25, 0.3) is 0 Å². The molecule has 2 rings (SSSR count). The van der Waals surface area contributed by atoms with E-state index in [2.05, 4.69) is 12.2 Å². The lowest BCUT2D eigenvalue weighted by Crippen LogP contribution is -2.28. The highest BCUT2D eigenvalue weighted by Gasteiger charge is 2.40. The second-order valence-electron chi connectivity index (χ2n) is 3.77. The summed E-state index contributed by atoms with van der Waals surface area (Å²) >= 11 is 0. The van der Waals surface area contributed by atoms with Gasteiger partial charge in [-0.3, -0.25) is 0 Å². The van der Waals surface area contributed by atoms with E-state index in [-0.39, 0.29) is 0 Å². The van der Waals surface area contributed by atoms with Crippen LogP contribution in [0.5, 0.6) is 0 Å². The highest BCUT2D eigenvalue weighted by Crippen LogP contribution is 2.36. The van der Waals surface area contributed by atoms with Crippen molar-refractivity contribution >= 4 is 0 Å². The molecule has 2 fully saturated rings. The summed E-state index contributed by atoms with van der Waals surface area (Å²) in [6.07, 6.45) is 2.60. The van der Waals surface area contributed by atoms with Gasteiger partial charge in [-0.05, 0) is 31.6 Å². The lowest BCUT2D eigenvalue weighted by Gasteiger charge is -2.13. The first-order chi connectivity index (χ1) is 4.79. The Balaban J connectivity index is 2.09. The van der Waals surface area contributed by atoms with E-state index < -0.39 is 0 Å². The van der Waals surface area contributed by atoms with Crippen LogP contribution in [-0.2, 0) is 0 Å². The Morgan fingerprint density at radius 3 is 2.80 bits per heavy atom. The molecule has 0 aromatic rings. The lowest BCUT2D eigenvalue weighted by atomic mass is 9.94. The van der Waals surface area contributed by atoms with Crippen molar-refractivity contribution in [2.75, 3.05) is 6.54 Å². The summed E-state index contributed by atoms with van der Waals surface area (Å²) in [5, 5.41) is 3.47. The van der Waals surface area contributed by atoms with E-state index in [0.29, 0.717) is 6.04 Å². The van der Waals surface area contributed by atoms with Crippen LogP contribution in [-0.4, -0.2) is 18.6 Å². The van der Waals surface area contributed by atoms with Crippen molar-refractivity contribution in [2.45, 2.75) is 31.8 Å². The standard InChI is InChI=1S/C8H16N2/c1-5-6-2-3-8(9)7(6)4-10-5/h5-8,10H,2-4,9H2,1H3. The van der Waals surface area contributed by atoms with E-state index in [9.17, 15) is 0 Å². The van der Waals surface area contributed by atoms with E-state index in [1.807, 2.05) is 0 Å². The van der Waals surface area contributed by atoms with Crippen LogP contribution in [0.4, 0.5) is 0 Å². The van der Waals surface area contributed by atoms with Gasteiger partial charge in [-0.1, -0.05) is 0 Å². The zero-order valence-electron chi connectivity index (χ0n) is 6.51. The van der Waals surface area contributed by atoms with Crippen molar-refractivity contribution in [1.82, 2.24) is 5.32 Å². The van der Waals surface area contributed by atoms with Crippen molar-refractivity contribution in [3.8, 4) is 0 Å². The summed E-state index contributed by atoms with van der Waals surface area (Å²) < 4.78 is 0. The topological polar surface area (TPSA) is 38.0 Å². The van der Waals surface area contributed by atoms with Gasteiger partial charge in [0.25, 0.3) is 0 Å². The molecule has 4 atom stereocenters. The highest BCUT2D eigenvalue weighted by molar-refractivity contribution is 4.97. The molecule has 1 saturated heterocycles. The highest BCUT2D eigenvalue weighted by atomic mass is 15.0. The van der Waals surface area contributed by atoms with Crippen molar-refractivity contribution in [3.05, 3.63) is 0 Å². The molecule has 0 aromatic carbocycles. The Kier molecular flexibility index (Phi) is 1.46. The summed E-state index contributed by atoms with van der Waals surface area (Å²) in [5.41, 5.74) is 5.94. The van der Waals surface area contributed by atoms with Gasteiger partial charge < -0.3 is 11.1 Å². The van der Waals surface area contributed by atoms with Gasteiger partial charge in [0.05, 0.1) is 0 Å². The molecule has 10 heavy (non-hydrogen) atoms. The van der Waals surface area contributed by atoms with Crippen molar-refractivity contribution in [2.24, 2.45) is 17.6 Å². The average Bonchev–Trinajstić information content (AvgIpc) is 2.41. The second-order valence-corrected chi connectivity index (χ2v) is 3.77. The number of nitrogens with two attached hydrogens (primary N) is 1. The normalized spacial score (nSPS) is 53.4. The molecular formula is C8H16N2. The van der Waals surface area contributed by atoms with E-state index in [0.717, 1.165) is 24.4 Å². The van der Waals surface area contributed by atoms with E-state index in [4.69, 9.17) is 5.73 Å². The van der Waals surface area contributed by atoms with Crippen molar-refractivity contribution in [3.63, 3.8) is 0 Å². The fraction of sp³-hybridized carbons (Fsp3) is 1.00. The first-order valence-corrected chi connectivity index (χ1v) is 4.28. The van der Waals surface area contributed by atoms with Gasteiger partial charge in [-0.25, -0.2) is 0 Å². The molecule has 0 aromatic heterocycles. The van der Waals surface area contributed by atoms with Gasteiger partial charge in [0.15, 0.2) is 0 Å². The number of hydrogen-bond acceptors (Lipinski definition) is 2. The summed E-state index contributed by atoms with van der Waals surface area (Å²) in [6, 6.07) is 1.21. The molecule has 58 valence electrons. The van der Waals surface area contributed by atoms with Gasteiger partial charge in [0.2, 0.25) is 0 Å². The monoisotopic (exact) mass is 140 g/mol. The van der Waals surface area contributed by atoms with E-state index in [1.165, 1.54) is 12.8 Å². The molecule has 1 aliphatic carbocycles. The maximum atomic E-state index is 5.94. The zero-order valence-corrected chi connectivity index (χ0v) is 6.51. The summed E-state index contributed by atoms with van der Waals surface area (Å²) in [4.78, 5) is 0. The fourth-order valence-electron chi connectivity index (χ4n) is 2.53. The molecule has 1 heterocycles. The van der Waals surface area contributed by atoms with Crippen LogP contribution in [0.3, 0.4) is 0 Å². The van der Waals surface area contributed by atoms with Crippen molar-refractivity contribution < 1.29 is 0 Å². The van der Waals surface area contributed by atoms with Crippen LogP contribution in [0.15, 0.2) is 0 Å². The maximum Gasteiger partial charge on any atom is 0.00826 e. The van der Waals surface area contributed by atoms with Crippen LogP contribution in [0, 0.1) is 11.8 Å². The quantitative estimate of drug-likeness (QED) is 0.509. The molecule has 1 saturated carbocycles. The largest absolute Gasteiger partial charge is 0.327 e. The van der Waals surface area contributed by atoms with Gasteiger partial charge in [-0.2, -0.15) is 0 Å². The third-order valence-electron chi connectivity index (χ3n) is 3.25. The predicted molar refractivity (Wildman–Crippen MR) is 41.7 cm³/mol. The Bertz CT molecular complexity index is 119. The molecule has 0 bridgehead atoms. The summed E-state index contributed by atoms with van der Waals surface area (Å²) in [5.74, 6) is 1.67. The molecule has 0 spiro atoms. The zero-order chi connectivity index (χ0) is 7.14. The first kappa shape index (κ1) is 6.62. The predicted octanol–water partition coefficient (Wildman–Crippen LogP) is 0.332. The smallest absolute Gasteiger partial charge is 0.00826 e. The van der Waals surface area contributed by atoms with Gasteiger partial charge in [0, 0.05) is 18.6 Å². The van der Waals surface area contributed by atoms with E-state index >= 15 is 0 Å². The van der Waals surface area contributed by atoms with Gasteiger partial charge >= 0.3 is 0 Å². The Hall–Kier alpha value is -0.0800. The minimum Gasteiger partial charge on any atom is -0.327 e. The molecule has 2 nitrogen and oxygen atoms in total. The van der Waals surface area contributed by atoms with Crippen LogP contribution >= 0.6 is 0 Å². The van der Waals surface area contributed by atoms with Gasteiger partial charge in [0.1, 0.15) is 0 Å². The fourth-order valence-corrected chi connectivity index (χ4v) is 2.53. The number of rotatable bonds is 0. The third-order valence-corrected chi connectivity index (χ3v) is 3.25. The first-order valence-electron chi connectivity index (χ1n) is 4.28. The molecule has 3 N–H and O–H groups in total. The van der Waals surface area contributed by atoms with Crippen LogP contribution in [0.1, 0.15) is 19.8 Å². The summed E-state index contributed by atoms with van der Waals surface area (Å²) in [7, 11) is 0. The van der Waals surface area contributed by atoms with Crippen LogP contribution in [0.2, 0.25) is 0 Å². The maximum absolute atomic E-state index is 5.94. The molecule has 2 heteroatoms. The molecule has 0 radical (unpaired) electrons. The molecule has 1 aliphatic heterocycles. The Labute approximate surface area is 62.2 Å². The number of fused-ring (bicyclic) bond motifs is 1. The molecule has 0 amide bonds.